The summed E-state index contributed by atoms with van der Waals surface area (Å²) in [5, 5.41) is 7.41. The molecule has 1 atom stereocenters. The largest absolute Gasteiger partial charge is 0.385 e. The van der Waals surface area contributed by atoms with E-state index in [4.69, 9.17) is 22.1 Å². The van der Waals surface area contributed by atoms with Gasteiger partial charge in [0.2, 0.25) is 5.91 Å². The van der Waals surface area contributed by atoms with Gasteiger partial charge in [-0.15, -0.1) is 0 Å². The number of nitrogens with one attached hydrogen (secondary N) is 1. The summed E-state index contributed by atoms with van der Waals surface area (Å²) >= 11 is 6.20. The van der Waals surface area contributed by atoms with Crippen molar-refractivity contribution in [1.29, 1.82) is 0 Å². The molecular formula is C14H17ClN4O2. The van der Waals surface area contributed by atoms with Crippen LogP contribution < -0.4 is 11.1 Å². The van der Waals surface area contributed by atoms with E-state index in [0.717, 1.165) is 0 Å². The molecule has 7 heteroatoms. The van der Waals surface area contributed by atoms with Crippen LogP contribution in [0.15, 0.2) is 36.7 Å². The molecule has 2 rings (SSSR count). The molecule has 1 heterocycles. The number of ether oxygens (including phenoxy) is 1. The molecule has 0 aliphatic rings. The van der Waals surface area contributed by atoms with E-state index in [-0.39, 0.29) is 5.91 Å². The van der Waals surface area contributed by atoms with Crippen molar-refractivity contribution in [3.63, 3.8) is 0 Å². The van der Waals surface area contributed by atoms with Gasteiger partial charge in [-0.25, -0.2) is 4.68 Å². The lowest BCUT2D eigenvalue weighted by molar-refractivity contribution is -0.117. The Hall–Kier alpha value is -1.89. The molecular weight excluding hydrogens is 292 g/mol. The molecule has 2 aromatic rings. The second-order valence-electron chi connectivity index (χ2n) is 4.46. The number of nitrogens with two attached hydrogens (primary N) is 1. The van der Waals surface area contributed by atoms with Crippen molar-refractivity contribution in [2.75, 3.05) is 19.0 Å². The highest BCUT2D eigenvalue weighted by molar-refractivity contribution is 6.33. The zero-order chi connectivity index (χ0) is 15.2. The number of hydrogen-bond acceptors (Lipinski definition) is 4. The smallest absolute Gasteiger partial charge is 0.241 e. The SMILES string of the molecule is COCCC(N)C(=O)Nc1cccc(Cl)c1-n1cccn1. The molecule has 0 aliphatic heterocycles. The number of hydrogen-bond donors (Lipinski definition) is 2. The number of rotatable bonds is 6. The van der Waals surface area contributed by atoms with Gasteiger partial charge in [0.05, 0.1) is 16.8 Å². The van der Waals surface area contributed by atoms with Crippen molar-refractivity contribution in [3.8, 4) is 5.69 Å². The highest BCUT2D eigenvalue weighted by atomic mass is 35.5. The predicted molar refractivity (Wildman–Crippen MR) is 81.7 cm³/mol. The maximum atomic E-state index is 12.1. The van der Waals surface area contributed by atoms with Crippen LogP contribution in [0.3, 0.4) is 0 Å². The Bertz CT molecular complexity index is 601. The first-order valence-electron chi connectivity index (χ1n) is 6.47. The van der Waals surface area contributed by atoms with Gasteiger partial charge in [0, 0.05) is 26.1 Å². The fourth-order valence-corrected chi connectivity index (χ4v) is 2.11. The molecule has 0 bridgehead atoms. The Labute approximate surface area is 127 Å². The number of nitrogens with zero attached hydrogens (tertiary/aromatic N) is 2. The van der Waals surface area contributed by atoms with Gasteiger partial charge in [-0.2, -0.15) is 5.10 Å². The van der Waals surface area contributed by atoms with E-state index < -0.39 is 6.04 Å². The third-order valence-corrected chi connectivity index (χ3v) is 3.25. The van der Waals surface area contributed by atoms with Crippen LogP contribution >= 0.6 is 11.6 Å². The van der Waals surface area contributed by atoms with Gasteiger partial charge in [-0.1, -0.05) is 17.7 Å². The lowest BCUT2D eigenvalue weighted by Crippen LogP contribution is -2.36. The Morgan fingerprint density at radius 2 is 2.33 bits per heavy atom. The van der Waals surface area contributed by atoms with Crippen LogP contribution in [0.1, 0.15) is 6.42 Å². The summed E-state index contributed by atoms with van der Waals surface area (Å²) in [4.78, 5) is 12.1. The summed E-state index contributed by atoms with van der Waals surface area (Å²) < 4.78 is 6.52. The van der Waals surface area contributed by atoms with Crippen LogP contribution in [-0.2, 0) is 9.53 Å². The molecule has 1 amide bonds. The molecule has 1 aromatic carbocycles. The number of aromatic nitrogens is 2. The first-order chi connectivity index (χ1) is 10.1. The average molecular weight is 309 g/mol. The van der Waals surface area contributed by atoms with Crippen molar-refractivity contribution in [2.24, 2.45) is 5.73 Å². The number of para-hydroxylation sites is 1. The Kier molecular flexibility index (Phi) is 5.32. The van der Waals surface area contributed by atoms with E-state index >= 15 is 0 Å². The number of methoxy groups -OCH3 is 1. The first kappa shape index (κ1) is 15.5. The van der Waals surface area contributed by atoms with Crippen LogP contribution in [0.5, 0.6) is 0 Å². The van der Waals surface area contributed by atoms with Crippen LogP contribution in [0.2, 0.25) is 5.02 Å². The summed E-state index contributed by atoms with van der Waals surface area (Å²) in [6.45, 7) is 0.427. The van der Waals surface area contributed by atoms with E-state index in [1.54, 1.807) is 48.5 Å². The Morgan fingerprint density at radius 3 is 3.00 bits per heavy atom. The zero-order valence-corrected chi connectivity index (χ0v) is 12.4. The number of carbonyl (C=O) groups excluding carboxylic acids is 1. The van der Waals surface area contributed by atoms with Crippen LogP contribution in [0, 0.1) is 0 Å². The quantitative estimate of drug-likeness (QED) is 0.853. The molecule has 0 fully saturated rings. The summed E-state index contributed by atoms with van der Waals surface area (Å²) in [5.74, 6) is -0.289. The maximum absolute atomic E-state index is 12.1. The lowest BCUT2D eigenvalue weighted by Gasteiger charge is -2.15. The minimum absolute atomic E-state index is 0.289. The first-order valence-corrected chi connectivity index (χ1v) is 6.85. The molecule has 1 unspecified atom stereocenters. The number of amides is 1. The summed E-state index contributed by atoms with van der Waals surface area (Å²) in [6.07, 6.45) is 3.83. The maximum Gasteiger partial charge on any atom is 0.241 e. The molecule has 0 saturated carbocycles. The second-order valence-corrected chi connectivity index (χ2v) is 4.87. The molecule has 0 aliphatic carbocycles. The van der Waals surface area contributed by atoms with Crippen molar-refractivity contribution < 1.29 is 9.53 Å². The van der Waals surface area contributed by atoms with Gasteiger partial charge >= 0.3 is 0 Å². The topological polar surface area (TPSA) is 82.2 Å². The predicted octanol–water partition coefficient (Wildman–Crippen LogP) is 1.83. The Balaban J connectivity index is 2.21. The van der Waals surface area contributed by atoms with Crippen LogP contribution in [0.4, 0.5) is 5.69 Å². The van der Waals surface area contributed by atoms with Crippen LogP contribution in [-0.4, -0.2) is 35.4 Å². The molecule has 21 heavy (non-hydrogen) atoms. The molecule has 112 valence electrons. The molecule has 6 nitrogen and oxygen atoms in total. The van der Waals surface area contributed by atoms with Gasteiger partial charge < -0.3 is 15.8 Å². The third-order valence-electron chi connectivity index (χ3n) is 2.95. The number of carbonyl (C=O) groups is 1. The van der Waals surface area contributed by atoms with Gasteiger partial charge in [-0.05, 0) is 24.6 Å². The molecule has 1 aromatic heterocycles. The van der Waals surface area contributed by atoms with E-state index in [1.807, 2.05) is 0 Å². The number of benzene rings is 1. The van der Waals surface area contributed by atoms with E-state index in [1.165, 1.54) is 0 Å². The third kappa shape index (κ3) is 3.81. The van der Waals surface area contributed by atoms with Gasteiger partial charge in [-0.3, -0.25) is 4.79 Å². The van der Waals surface area contributed by atoms with E-state index in [0.29, 0.717) is 29.4 Å². The van der Waals surface area contributed by atoms with Crippen LogP contribution in [0.25, 0.3) is 5.69 Å². The summed E-state index contributed by atoms with van der Waals surface area (Å²) in [5.41, 5.74) is 6.98. The average Bonchev–Trinajstić information content (AvgIpc) is 2.98. The molecule has 0 saturated heterocycles. The van der Waals surface area contributed by atoms with Gasteiger partial charge in [0.15, 0.2) is 0 Å². The van der Waals surface area contributed by atoms with Crippen molar-refractivity contribution in [1.82, 2.24) is 9.78 Å². The normalized spacial score (nSPS) is 12.1. The number of anilines is 1. The summed E-state index contributed by atoms with van der Waals surface area (Å²) in [7, 11) is 1.57. The van der Waals surface area contributed by atoms with E-state index in [2.05, 4.69) is 10.4 Å². The fraction of sp³-hybridized carbons (Fsp3) is 0.286. The summed E-state index contributed by atoms with van der Waals surface area (Å²) in [6, 6.07) is 6.38. The molecule has 3 N–H and O–H groups in total. The monoisotopic (exact) mass is 308 g/mol. The minimum Gasteiger partial charge on any atom is -0.385 e. The van der Waals surface area contributed by atoms with Gasteiger partial charge in [0.25, 0.3) is 0 Å². The highest BCUT2D eigenvalue weighted by Gasteiger charge is 2.17. The zero-order valence-electron chi connectivity index (χ0n) is 11.6. The molecule has 0 spiro atoms. The standard InChI is InChI=1S/C14H17ClN4O2/c1-21-9-6-11(16)14(20)18-12-5-2-4-10(15)13(12)19-8-3-7-17-19/h2-5,7-8,11H,6,9,16H2,1H3,(H,18,20). The van der Waals surface area contributed by atoms with Crippen molar-refractivity contribution >= 4 is 23.2 Å². The van der Waals surface area contributed by atoms with Gasteiger partial charge in [0.1, 0.15) is 5.69 Å². The Morgan fingerprint density at radius 1 is 1.52 bits per heavy atom. The fourth-order valence-electron chi connectivity index (χ4n) is 1.85. The second kappa shape index (κ2) is 7.21. The molecule has 0 radical (unpaired) electrons. The highest BCUT2D eigenvalue weighted by Crippen LogP contribution is 2.28. The lowest BCUT2D eigenvalue weighted by atomic mass is 10.2. The van der Waals surface area contributed by atoms with E-state index in [9.17, 15) is 4.79 Å². The van der Waals surface area contributed by atoms with Crippen molar-refractivity contribution in [2.45, 2.75) is 12.5 Å². The minimum atomic E-state index is -0.644. The number of halogens is 1. The van der Waals surface area contributed by atoms with Crippen molar-refractivity contribution in [3.05, 3.63) is 41.7 Å².